The van der Waals surface area contributed by atoms with Crippen molar-refractivity contribution in [2.75, 3.05) is 14.2 Å². The molecule has 0 spiro atoms. The largest absolute Gasteiger partial charge is 0.444 e. The molecule has 1 N–H and O–H groups in total. The standard InChI is InChI=1S/C9H17BrN2O4/c1-9(2,3)16-8(14)11-6(10)7(13)12(4)15-5/h6H,1-5H3,(H,11,14). The minimum atomic E-state index is -0.882. The Bertz CT molecular complexity index is 265. The minimum absolute atomic E-state index is 0.437. The van der Waals surface area contributed by atoms with Crippen LogP contribution in [0.5, 0.6) is 0 Å². The van der Waals surface area contributed by atoms with Crippen LogP contribution in [0.15, 0.2) is 0 Å². The first kappa shape index (κ1) is 15.2. The van der Waals surface area contributed by atoms with Gasteiger partial charge in [0.25, 0.3) is 5.91 Å². The summed E-state index contributed by atoms with van der Waals surface area (Å²) in [6.45, 7) is 5.21. The van der Waals surface area contributed by atoms with Gasteiger partial charge in [-0.2, -0.15) is 0 Å². The van der Waals surface area contributed by atoms with E-state index in [1.54, 1.807) is 20.8 Å². The van der Waals surface area contributed by atoms with Crippen molar-refractivity contribution >= 4 is 27.9 Å². The number of rotatable bonds is 3. The van der Waals surface area contributed by atoms with Crippen molar-refractivity contribution < 1.29 is 19.2 Å². The van der Waals surface area contributed by atoms with Crippen LogP contribution in [0.2, 0.25) is 0 Å². The summed E-state index contributed by atoms with van der Waals surface area (Å²) in [5.74, 6) is -0.437. The van der Waals surface area contributed by atoms with Crippen LogP contribution < -0.4 is 5.32 Å². The minimum Gasteiger partial charge on any atom is -0.444 e. The van der Waals surface area contributed by atoms with Gasteiger partial charge in [0, 0.05) is 7.05 Å². The third-order valence-corrected chi connectivity index (χ3v) is 2.07. The van der Waals surface area contributed by atoms with Crippen LogP contribution >= 0.6 is 15.9 Å². The quantitative estimate of drug-likeness (QED) is 0.483. The van der Waals surface area contributed by atoms with Crippen LogP contribution in [0, 0.1) is 0 Å². The zero-order valence-corrected chi connectivity index (χ0v) is 11.6. The first-order valence-electron chi connectivity index (χ1n) is 4.62. The molecule has 2 amide bonds. The number of alkyl carbamates (subject to hydrolysis) is 1. The zero-order valence-electron chi connectivity index (χ0n) is 10.0. The molecule has 7 heteroatoms. The predicted octanol–water partition coefficient (Wildman–Crippen LogP) is 1.25. The Balaban J connectivity index is 4.20. The molecule has 0 aromatic heterocycles. The van der Waals surface area contributed by atoms with Gasteiger partial charge in [-0.05, 0) is 20.8 Å². The summed E-state index contributed by atoms with van der Waals surface area (Å²) in [5.41, 5.74) is -0.604. The van der Waals surface area contributed by atoms with Crippen molar-refractivity contribution in [1.82, 2.24) is 10.4 Å². The average Bonchev–Trinajstić information content (AvgIpc) is 2.12. The number of alkyl halides is 1. The van der Waals surface area contributed by atoms with Crippen molar-refractivity contribution in [2.45, 2.75) is 31.3 Å². The Kier molecular flexibility index (Phi) is 5.74. The van der Waals surface area contributed by atoms with E-state index in [0.717, 1.165) is 5.06 Å². The number of carbonyl (C=O) groups is 2. The molecule has 0 bridgehead atoms. The maximum absolute atomic E-state index is 11.5. The highest BCUT2D eigenvalue weighted by atomic mass is 79.9. The topological polar surface area (TPSA) is 67.9 Å². The predicted molar refractivity (Wildman–Crippen MR) is 61.9 cm³/mol. The van der Waals surface area contributed by atoms with E-state index >= 15 is 0 Å². The summed E-state index contributed by atoms with van der Waals surface area (Å²) in [6, 6.07) is 0. The van der Waals surface area contributed by atoms with Gasteiger partial charge in [-0.25, -0.2) is 9.86 Å². The normalized spacial score (nSPS) is 12.9. The summed E-state index contributed by atoms with van der Waals surface area (Å²) >= 11 is 3.01. The first-order chi connectivity index (χ1) is 7.17. The molecule has 0 aliphatic heterocycles. The molecule has 1 atom stereocenters. The van der Waals surface area contributed by atoms with Crippen LogP contribution in [-0.4, -0.2) is 41.8 Å². The van der Waals surface area contributed by atoms with Crippen molar-refractivity contribution in [3.63, 3.8) is 0 Å². The zero-order chi connectivity index (χ0) is 12.9. The molecule has 1 unspecified atom stereocenters. The summed E-state index contributed by atoms with van der Waals surface area (Å²) in [4.78, 5) is 26.6. The number of amides is 2. The Morgan fingerprint density at radius 1 is 1.38 bits per heavy atom. The number of hydrogen-bond donors (Lipinski definition) is 1. The Hall–Kier alpha value is -0.820. The SMILES string of the molecule is CON(C)C(=O)C(Br)NC(=O)OC(C)(C)C. The number of hydroxylamine groups is 2. The molecule has 0 radical (unpaired) electrons. The van der Waals surface area contributed by atoms with Crippen LogP contribution in [0.25, 0.3) is 0 Å². The monoisotopic (exact) mass is 296 g/mol. The highest BCUT2D eigenvalue weighted by Crippen LogP contribution is 2.08. The first-order valence-corrected chi connectivity index (χ1v) is 5.54. The third-order valence-electron chi connectivity index (χ3n) is 1.44. The second-order valence-corrected chi connectivity index (χ2v) is 4.94. The molecule has 16 heavy (non-hydrogen) atoms. The fraction of sp³-hybridized carbons (Fsp3) is 0.778. The molecule has 0 saturated carbocycles. The van der Waals surface area contributed by atoms with E-state index in [1.165, 1.54) is 14.2 Å². The number of likely N-dealkylation sites (N-methyl/N-ethyl adjacent to an activating group) is 1. The van der Waals surface area contributed by atoms with Gasteiger partial charge in [0.05, 0.1) is 7.11 Å². The number of nitrogens with one attached hydrogen (secondary N) is 1. The van der Waals surface area contributed by atoms with Gasteiger partial charge in [0.15, 0.2) is 4.95 Å². The summed E-state index contributed by atoms with van der Waals surface area (Å²) in [6.07, 6.45) is -0.674. The number of nitrogens with zero attached hydrogens (tertiary/aromatic N) is 1. The van der Waals surface area contributed by atoms with Crippen molar-refractivity contribution in [2.24, 2.45) is 0 Å². The molecule has 0 aromatic carbocycles. The lowest BCUT2D eigenvalue weighted by atomic mass is 10.2. The molecular formula is C9H17BrN2O4. The molecular weight excluding hydrogens is 280 g/mol. The van der Waals surface area contributed by atoms with Gasteiger partial charge >= 0.3 is 6.09 Å². The number of ether oxygens (including phenoxy) is 1. The summed E-state index contributed by atoms with van der Waals surface area (Å²) < 4.78 is 4.98. The summed E-state index contributed by atoms with van der Waals surface area (Å²) in [7, 11) is 2.79. The maximum atomic E-state index is 11.5. The van der Waals surface area contributed by atoms with Gasteiger partial charge in [-0.1, -0.05) is 15.9 Å². The molecule has 0 aromatic rings. The lowest BCUT2D eigenvalue weighted by molar-refractivity contribution is -0.168. The van der Waals surface area contributed by atoms with Crippen LogP contribution in [0.1, 0.15) is 20.8 Å². The number of hydrogen-bond acceptors (Lipinski definition) is 4. The molecule has 0 rings (SSSR count). The highest BCUT2D eigenvalue weighted by Gasteiger charge is 2.24. The van der Waals surface area contributed by atoms with E-state index in [1.807, 2.05) is 0 Å². The van der Waals surface area contributed by atoms with Gasteiger partial charge in [0.1, 0.15) is 5.60 Å². The molecule has 0 heterocycles. The Labute approximate surface area is 103 Å². The van der Waals surface area contributed by atoms with Crippen molar-refractivity contribution in [3.8, 4) is 0 Å². The smallest absolute Gasteiger partial charge is 0.408 e. The molecule has 94 valence electrons. The molecule has 0 fully saturated rings. The average molecular weight is 297 g/mol. The van der Waals surface area contributed by atoms with Gasteiger partial charge < -0.3 is 10.1 Å². The fourth-order valence-electron chi connectivity index (χ4n) is 0.722. The molecule has 0 saturated heterocycles. The van der Waals surface area contributed by atoms with E-state index in [2.05, 4.69) is 26.1 Å². The van der Waals surface area contributed by atoms with Gasteiger partial charge in [0.2, 0.25) is 0 Å². The fourth-order valence-corrected chi connectivity index (χ4v) is 1.20. The second kappa shape index (κ2) is 6.05. The van der Waals surface area contributed by atoms with Gasteiger partial charge in [-0.15, -0.1) is 0 Å². The van der Waals surface area contributed by atoms with E-state index in [9.17, 15) is 9.59 Å². The van der Waals surface area contributed by atoms with E-state index in [4.69, 9.17) is 4.74 Å². The highest BCUT2D eigenvalue weighted by molar-refractivity contribution is 9.10. The lowest BCUT2D eigenvalue weighted by Crippen LogP contribution is -2.45. The number of halogens is 1. The van der Waals surface area contributed by atoms with Crippen LogP contribution in [-0.2, 0) is 14.4 Å². The molecule has 0 aliphatic rings. The molecule has 0 aliphatic carbocycles. The van der Waals surface area contributed by atoms with Crippen molar-refractivity contribution in [3.05, 3.63) is 0 Å². The van der Waals surface area contributed by atoms with E-state index in [-0.39, 0.29) is 0 Å². The molecule has 6 nitrogen and oxygen atoms in total. The summed E-state index contributed by atoms with van der Waals surface area (Å²) in [5, 5.41) is 3.33. The Morgan fingerprint density at radius 2 is 1.88 bits per heavy atom. The van der Waals surface area contributed by atoms with E-state index in [0.29, 0.717) is 0 Å². The Morgan fingerprint density at radius 3 is 2.25 bits per heavy atom. The van der Waals surface area contributed by atoms with Crippen LogP contribution in [0.4, 0.5) is 4.79 Å². The van der Waals surface area contributed by atoms with Gasteiger partial charge in [-0.3, -0.25) is 9.63 Å². The number of carbonyl (C=O) groups excluding carboxylic acids is 2. The van der Waals surface area contributed by atoms with Crippen LogP contribution in [0.3, 0.4) is 0 Å². The second-order valence-electron chi connectivity index (χ2n) is 4.03. The van der Waals surface area contributed by atoms with Crippen molar-refractivity contribution in [1.29, 1.82) is 0 Å². The lowest BCUT2D eigenvalue weighted by Gasteiger charge is -2.22. The maximum Gasteiger partial charge on any atom is 0.408 e. The van der Waals surface area contributed by atoms with E-state index < -0.39 is 22.6 Å². The third kappa shape index (κ3) is 5.92.